The molecule has 1 heterocycles. The van der Waals surface area contributed by atoms with E-state index in [2.05, 4.69) is 5.10 Å². The molecule has 2 rings (SSSR count). The van der Waals surface area contributed by atoms with Crippen LogP contribution >= 0.6 is 0 Å². The Morgan fingerprint density at radius 2 is 2.17 bits per heavy atom. The Labute approximate surface area is 105 Å². The number of nitrogens with two attached hydrogens (primary N) is 2. The van der Waals surface area contributed by atoms with Crippen molar-refractivity contribution in [1.82, 2.24) is 9.78 Å². The molecule has 0 spiro atoms. The number of benzene rings is 1. The predicted molar refractivity (Wildman–Crippen MR) is 69.6 cm³/mol. The van der Waals surface area contributed by atoms with Crippen molar-refractivity contribution < 1.29 is 4.79 Å². The number of carbonyl (C=O) groups excluding carboxylic acids is 1. The Morgan fingerprint density at radius 1 is 1.39 bits per heavy atom. The fourth-order valence-electron chi connectivity index (χ4n) is 1.86. The number of carbonyl (C=O) groups is 1. The van der Waals surface area contributed by atoms with Gasteiger partial charge in [0.2, 0.25) is 0 Å². The lowest BCUT2D eigenvalue weighted by atomic mass is 10.1. The van der Waals surface area contributed by atoms with Crippen LogP contribution in [0.15, 0.2) is 30.5 Å². The van der Waals surface area contributed by atoms with Gasteiger partial charge in [-0.05, 0) is 49.2 Å². The maximum Gasteiger partial charge on any atom is 0.269 e. The number of nitrogens with zero attached hydrogens (tertiary/aromatic N) is 2. The molecule has 0 fully saturated rings. The van der Waals surface area contributed by atoms with Crippen LogP contribution in [0.25, 0.3) is 5.69 Å². The van der Waals surface area contributed by atoms with Crippen molar-refractivity contribution in [3.05, 3.63) is 47.3 Å². The molecule has 0 aliphatic heterocycles. The lowest BCUT2D eigenvalue weighted by molar-refractivity contribution is 0.0995. The molecule has 5 heteroatoms. The summed E-state index contributed by atoms with van der Waals surface area (Å²) in [7, 11) is 0. The topological polar surface area (TPSA) is 86.9 Å². The number of aryl methyl sites for hydroxylation is 1. The van der Waals surface area contributed by atoms with E-state index in [4.69, 9.17) is 11.5 Å². The smallest absolute Gasteiger partial charge is 0.269 e. The van der Waals surface area contributed by atoms with E-state index in [0.29, 0.717) is 6.54 Å². The normalized spacial score (nSPS) is 10.6. The maximum absolute atomic E-state index is 11.0. The summed E-state index contributed by atoms with van der Waals surface area (Å²) in [6.45, 7) is 2.67. The first kappa shape index (κ1) is 12.3. The van der Waals surface area contributed by atoms with Gasteiger partial charge in [-0.15, -0.1) is 0 Å². The van der Waals surface area contributed by atoms with Gasteiger partial charge in [-0.2, -0.15) is 5.10 Å². The van der Waals surface area contributed by atoms with Gasteiger partial charge in [-0.25, -0.2) is 4.68 Å². The van der Waals surface area contributed by atoms with Gasteiger partial charge < -0.3 is 11.5 Å². The predicted octanol–water partition coefficient (Wildman–Crippen LogP) is 0.781. The molecule has 5 nitrogen and oxygen atoms in total. The molecule has 0 radical (unpaired) electrons. The first-order valence-corrected chi connectivity index (χ1v) is 5.77. The van der Waals surface area contributed by atoms with Crippen molar-refractivity contribution in [2.24, 2.45) is 11.5 Å². The highest BCUT2D eigenvalue weighted by Crippen LogP contribution is 2.15. The Balaban J connectivity index is 2.33. The minimum absolute atomic E-state index is 0.263. The van der Waals surface area contributed by atoms with E-state index in [1.165, 1.54) is 5.56 Å². The minimum atomic E-state index is -0.523. The molecular formula is C13H16N4O. The van der Waals surface area contributed by atoms with E-state index in [9.17, 15) is 4.79 Å². The summed E-state index contributed by atoms with van der Waals surface area (Å²) in [5, 5.41) is 4.11. The summed E-state index contributed by atoms with van der Waals surface area (Å²) >= 11 is 0. The van der Waals surface area contributed by atoms with Gasteiger partial charge in [0.1, 0.15) is 5.69 Å². The molecule has 1 amide bonds. The van der Waals surface area contributed by atoms with Crippen molar-refractivity contribution in [2.45, 2.75) is 13.3 Å². The van der Waals surface area contributed by atoms with Crippen LogP contribution in [0, 0.1) is 6.92 Å². The highest BCUT2D eigenvalue weighted by Gasteiger charge is 2.07. The lowest BCUT2D eigenvalue weighted by Crippen LogP contribution is -2.12. The van der Waals surface area contributed by atoms with Gasteiger partial charge in [0.05, 0.1) is 5.69 Å². The van der Waals surface area contributed by atoms with E-state index in [-0.39, 0.29) is 5.69 Å². The van der Waals surface area contributed by atoms with Gasteiger partial charge in [0.15, 0.2) is 0 Å². The zero-order valence-corrected chi connectivity index (χ0v) is 10.3. The van der Waals surface area contributed by atoms with E-state index in [1.807, 2.05) is 25.1 Å². The second-order valence-corrected chi connectivity index (χ2v) is 4.16. The van der Waals surface area contributed by atoms with Gasteiger partial charge in [-0.3, -0.25) is 4.79 Å². The monoisotopic (exact) mass is 244 g/mol. The van der Waals surface area contributed by atoms with Crippen LogP contribution in [0.2, 0.25) is 0 Å². The summed E-state index contributed by atoms with van der Waals surface area (Å²) < 4.78 is 1.64. The molecule has 0 atom stereocenters. The molecule has 0 aliphatic rings. The van der Waals surface area contributed by atoms with E-state index in [1.54, 1.807) is 16.9 Å². The SMILES string of the molecule is Cc1cc(-n2ccc(C(N)=O)n2)ccc1CCN. The molecule has 18 heavy (non-hydrogen) atoms. The first-order valence-electron chi connectivity index (χ1n) is 5.77. The van der Waals surface area contributed by atoms with E-state index < -0.39 is 5.91 Å². The molecule has 4 N–H and O–H groups in total. The molecule has 94 valence electrons. The van der Waals surface area contributed by atoms with Crippen LogP contribution in [0.1, 0.15) is 21.6 Å². The second kappa shape index (κ2) is 5.01. The standard InChI is InChI=1S/C13H16N4O/c1-9-8-11(3-2-10(9)4-6-14)17-7-5-12(16-17)13(15)18/h2-3,5,7-8H,4,6,14H2,1H3,(H2,15,18). The average molecular weight is 244 g/mol. The zero-order valence-electron chi connectivity index (χ0n) is 10.3. The molecule has 2 aromatic rings. The van der Waals surface area contributed by atoms with Crippen LogP contribution in [-0.4, -0.2) is 22.2 Å². The summed E-state index contributed by atoms with van der Waals surface area (Å²) in [5.74, 6) is -0.523. The van der Waals surface area contributed by atoms with Crippen molar-refractivity contribution in [2.75, 3.05) is 6.54 Å². The molecule has 0 saturated carbocycles. The zero-order chi connectivity index (χ0) is 13.1. The minimum Gasteiger partial charge on any atom is -0.364 e. The Morgan fingerprint density at radius 3 is 2.72 bits per heavy atom. The van der Waals surface area contributed by atoms with Crippen molar-refractivity contribution in [3.8, 4) is 5.69 Å². The second-order valence-electron chi connectivity index (χ2n) is 4.16. The quantitative estimate of drug-likeness (QED) is 0.833. The third kappa shape index (κ3) is 2.41. The maximum atomic E-state index is 11.0. The average Bonchev–Trinajstić information content (AvgIpc) is 2.81. The molecular weight excluding hydrogens is 228 g/mol. The van der Waals surface area contributed by atoms with Crippen molar-refractivity contribution in [1.29, 1.82) is 0 Å². The molecule has 0 saturated heterocycles. The first-order chi connectivity index (χ1) is 8.61. The largest absolute Gasteiger partial charge is 0.364 e. The van der Waals surface area contributed by atoms with E-state index >= 15 is 0 Å². The molecule has 0 unspecified atom stereocenters. The number of hydrogen-bond donors (Lipinski definition) is 2. The number of amides is 1. The van der Waals surface area contributed by atoms with Crippen LogP contribution in [0.3, 0.4) is 0 Å². The fourth-order valence-corrected chi connectivity index (χ4v) is 1.86. The highest BCUT2D eigenvalue weighted by molar-refractivity contribution is 5.90. The molecule has 1 aromatic carbocycles. The lowest BCUT2D eigenvalue weighted by Gasteiger charge is -2.07. The van der Waals surface area contributed by atoms with Crippen molar-refractivity contribution in [3.63, 3.8) is 0 Å². The Hall–Kier alpha value is -2.14. The summed E-state index contributed by atoms with van der Waals surface area (Å²) in [4.78, 5) is 11.0. The number of primary amides is 1. The Kier molecular flexibility index (Phi) is 3.43. The number of aromatic nitrogens is 2. The van der Waals surface area contributed by atoms with Crippen molar-refractivity contribution >= 4 is 5.91 Å². The number of rotatable bonds is 4. The van der Waals surface area contributed by atoms with Crippen LogP contribution < -0.4 is 11.5 Å². The van der Waals surface area contributed by atoms with Crippen LogP contribution in [-0.2, 0) is 6.42 Å². The highest BCUT2D eigenvalue weighted by atomic mass is 16.1. The summed E-state index contributed by atoms with van der Waals surface area (Å²) in [5.41, 5.74) is 14.3. The Bertz CT molecular complexity index is 574. The van der Waals surface area contributed by atoms with Gasteiger partial charge in [0, 0.05) is 6.20 Å². The van der Waals surface area contributed by atoms with E-state index in [0.717, 1.165) is 17.7 Å². The third-order valence-corrected chi connectivity index (χ3v) is 2.85. The molecule has 0 aliphatic carbocycles. The molecule has 0 bridgehead atoms. The number of hydrogen-bond acceptors (Lipinski definition) is 3. The van der Waals surface area contributed by atoms with Gasteiger partial charge in [-0.1, -0.05) is 6.07 Å². The van der Waals surface area contributed by atoms with Gasteiger partial charge in [0.25, 0.3) is 5.91 Å². The summed E-state index contributed by atoms with van der Waals surface area (Å²) in [6.07, 6.45) is 2.58. The van der Waals surface area contributed by atoms with Crippen LogP contribution in [0.5, 0.6) is 0 Å². The van der Waals surface area contributed by atoms with Gasteiger partial charge >= 0.3 is 0 Å². The third-order valence-electron chi connectivity index (χ3n) is 2.85. The fraction of sp³-hybridized carbons (Fsp3) is 0.231. The molecule has 1 aromatic heterocycles. The summed E-state index contributed by atoms with van der Waals surface area (Å²) in [6, 6.07) is 7.60. The van der Waals surface area contributed by atoms with Crippen LogP contribution in [0.4, 0.5) is 0 Å².